The summed E-state index contributed by atoms with van der Waals surface area (Å²) in [6, 6.07) is 12.9. The molecule has 5 rings (SSSR count). The monoisotopic (exact) mass is 498 g/mol. The molecule has 0 aliphatic carbocycles. The molecule has 0 radical (unpaired) electrons. The molecule has 0 spiro atoms. The number of nitrogens with one attached hydrogen (secondary N) is 2. The number of benzene rings is 1. The molecule has 0 bridgehead atoms. The maximum Gasteiger partial charge on any atom is 0.275 e. The van der Waals surface area contributed by atoms with E-state index in [1.807, 2.05) is 41.0 Å². The number of nitrogens with zero attached hydrogens (tertiary/aromatic N) is 6. The third kappa shape index (κ3) is 5.27. The molecule has 0 saturated heterocycles. The van der Waals surface area contributed by atoms with Gasteiger partial charge in [-0.1, -0.05) is 12.1 Å². The van der Waals surface area contributed by atoms with Gasteiger partial charge >= 0.3 is 0 Å². The van der Waals surface area contributed by atoms with Crippen molar-refractivity contribution < 1.29 is 9.90 Å². The number of hydrogen-bond acceptors (Lipinski definition) is 9. The fourth-order valence-electron chi connectivity index (χ4n) is 3.45. The minimum absolute atomic E-state index is 0.295. The topological polar surface area (TPSA) is 131 Å². The van der Waals surface area contributed by atoms with Crippen molar-refractivity contribution in [2.24, 2.45) is 0 Å². The van der Waals surface area contributed by atoms with Crippen LogP contribution in [0, 0.1) is 0 Å². The number of amides is 1. The van der Waals surface area contributed by atoms with Crippen molar-refractivity contribution in [1.82, 2.24) is 29.5 Å². The van der Waals surface area contributed by atoms with Crippen molar-refractivity contribution in [2.75, 3.05) is 17.2 Å². The number of rotatable bonds is 8. The summed E-state index contributed by atoms with van der Waals surface area (Å²) in [6.45, 7) is 2.02. The van der Waals surface area contributed by atoms with Crippen molar-refractivity contribution in [1.29, 1.82) is 0 Å². The highest BCUT2D eigenvalue weighted by molar-refractivity contribution is 7.13. The minimum Gasteiger partial charge on any atom is -0.392 e. The highest BCUT2D eigenvalue weighted by atomic mass is 32.1. The number of anilines is 2. The van der Waals surface area contributed by atoms with Gasteiger partial charge in [0.15, 0.2) is 0 Å². The Morgan fingerprint density at radius 2 is 1.92 bits per heavy atom. The van der Waals surface area contributed by atoms with Crippen molar-refractivity contribution in [2.45, 2.75) is 13.0 Å². The largest absolute Gasteiger partial charge is 0.392 e. The Hall–Kier alpha value is -4.48. The lowest BCUT2D eigenvalue weighted by Crippen LogP contribution is -2.17. The number of imidazole rings is 1. The number of aliphatic hydroxyl groups excluding tert-OH is 1. The highest BCUT2D eigenvalue weighted by Gasteiger charge is 2.14. The number of aromatic nitrogens is 6. The van der Waals surface area contributed by atoms with Crippen LogP contribution < -0.4 is 10.6 Å². The number of hydrogen-bond donors (Lipinski definition) is 3. The highest BCUT2D eigenvalue weighted by Crippen LogP contribution is 2.26. The summed E-state index contributed by atoms with van der Waals surface area (Å²) in [5, 5.41) is 17.9. The average molecular weight is 499 g/mol. The summed E-state index contributed by atoms with van der Waals surface area (Å²) in [7, 11) is 0. The Balaban J connectivity index is 1.35. The number of pyridine rings is 1. The van der Waals surface area contributed by atoms with E-state index in [0.717, 1.165) is 16.1 Å². The second kappa shape index (κ2) is 10.4. The SMILES string of the molecule is CC(O)CNc1nccc(-n2ccnc2-c2cccc(NC(=O)c3csc(-c4ccncc4)n3)c2)n1. The predicted octanol–water partition coefficient (Wildman–Crippen LogP) is 3.89. The van der Waals surface area contributed by atoms with Gasteiger partial charge in [-0.2, -0.15) is 4.98 Å². The van der Waals surface area contributed by atoms with Crippen LogP contribution in [0.15, 0.2) is 78.8 Å². The molecule has 0 aliphatic rings. The van der Waals surface area contributed by atoms with E-state index in [1.165, 1.54) is 11.3 Å². The fraction of sp³-hybridized carbons (Fsp3) is 0.120. The lowest BCUT2D eigenvalue weighted by atomic mass is 10.2. The molecule has 3 N–H and O–H groups in total. The Labute approximate surface area is 210 Å². The molecule has 36 heavy (non-hydrogen) atoms. The quantitative estimate of drug-likeness (QED) is 0.294. The Morgan fingerprint density at radius 3 is 2.75 bits per heavy atom. The van der Waals surface area contributed by atoms with Crippen LogP contribution in [0.2, 0.25) is 0 Å². The van der Waals surface area contributed by atoms with Crippen molar-refractivity contribution in [3.8, 4) is 27.8 Å². The van der Waals surface area contributed by atoms with E-state index >= 15 is 0 Å². The Kier molecular flexibility index (Phi) is 6.74. The molecule has 0 fully saturated rings. The standard InChI is InChI=1S/C25H22N8O2S/c1-16(34)14-29-25-28-10-7-21(32-25)33-12-11-27-22(33)18-3-2-4-19(13-18)30-23(35)20-15-36-24(31-20)17-5-8-26-9-6-17/h2-13,15-16,34H,14H2,1H3,(H,30,35)(H,28,29,32). The third-order valence-electron chi connectivity index (χ3n) is 5.13. The van der Waals surface area contributed by atoms with Gasteiger partial charge in [-0.15, -0.1) is 11.3 Å². The molecule has 1 aromatic carbocycles. The third-order valence-corrected chi connectivity index (χ3v) is 6.02. The summed E-state index contributed by atoms with van der Waals surface area (Å²) in [5.41, 5.74) is 2.67. The molecule has 0 saturated carbocycles. The second-order valence-corrected chi connectivity index (χ2v) is 8.76. The van der Waals surface area contributed by atoms with Gasteiger partial charge < -0.3 is 15.7 Å². The Bertz CT molecular complexity index is 1480. The van der Waals surface area contributed by atoms with Gasteiger partial charge in [0.2, 0.25) is 5.95 Å². The maximum absolute atomic E-state index is 12.9. The first-order valence-electron chi connectivity index (χ1n) is 11.1. The van der Waals surface area contributed by atoms with Gasteiger partial charge in [-0.25, -0.2) is 15.0 Å². The van der Waals surface area contributed by atoms with E-state index in [4.69, 9.17) is 0 Å². The first kappa shape index (κ1) is 23.3. The zero-order valence-corrected chi connectivity index (χ0v) is 20.1. The predicted molar refractivity (Wildman–Crippen MR) is 138 cm³/mol. The first-order chi connectivity index (χ1) is 17.6. The van der Waals surface area contributed by atoms with Crippen LogP contribution in [0.4, 0.5) is 11.6 Å². The number of carbonyl (C=O) groups excluding carboxylic acids is 1. The van der Waals surface area contributed by atoms with Gasteiger partial charge in [0, 0.05) is 59.7 Å². The van der Waals surface area contributed by atoms with Crippen molar-refractivity contribution in [3.05, 3.63) is 84.5 Å². The fourth-order valence-corrected chi connectivity index (χ4v) is 4.25. The molecule has 1 unspecified atom stereocenters. The van der Waals surface area contributed by atoms with Crippen LogP contribution in [0.1, 0.15) is 17.4 Å². The van der Waals surface area contributed by atoms with Crippen LogP contribution in [-0.2, 0) is 0 Å². The zero-order chi connectivity index (χ0) is 24.9. The number of aliphatic hydroxyl groups is 1. The van der Waals surface area contributed by atoms with E-state index in [9.17, 15) is 9.90 Å². The van der Waals surface area contributed by atoms with Crippen LogP contribution in [0.5, 0.6) is 0 Å². The van der Waals surface area contributed by atoms with Gasteiger partial charge in [0.05, 0.1) is 6.10 Å². The van der Waals surface area contributed by atoms with Crippen molar-refractivity contribution in [3.63, 3.8) is 0 Å². The number of thiazole rings is 1. The maximum atomic E-state index is 12.9. The Morgan fingerprint density at radius 1 is 1.06 bits per heavy atom. The smallest absolute Gasteiger partial charge is 0.275 e. The second-order valence-electron chi connectivity index (χ2n) is 7.90. The summed E-state index contributed by atoms with van der Waals surface area (Å²) >= 11 is 1.40. The van der Waals surface area contributed by atoms with E-state index in [1.54, 1.807) is 49.4 Å². The summed E-state index contributed by atoms with van der Waals surface area (Å²) in [6.07, 6.45) is 7.99. The molecule has 1 atom stereocenters. The van der Waals surface area contributed by atoms with E-state index in [0.29, 0.717) is 35.5 Å². The van der Waals surface area contributed by atoms with E-state index in [-0.39, 0.29) is 5.91 Å². The van der Waals surface area contributed by atoms with E-state index < -0.39 is 6.10 Å². The summed E-state index contributed by atoms with van der Waals surface area (Å²) < 4.78 is 1.83. The molecule has 4 heterocycles. The molecule has 1 amide bonds. The van der Waals surface area contributed by atoms with Crippen LogP contribution >= 0.6 is 11.3 Å². The van der Waals surface area contributed by atoms with Gasteiger partial charge in [-0.05, 0) is 37.3 Å². The lowest BCUT2D eigenvalue weighted by molar-refractivity contribution is 0.102. The summed E-state index contributed by atoms with van der Waals surface area (Å²) in [4.78, 5) is 34.5. The average Bonchev–Trinajstić information content (AvgIpc) is 3.59. The van der Waals surface area contributed by atoms with E-state index in [2.05, 4.69) is 35.6 Å². The van der Waals surface area contributed by atoms with Crippen LogP contribution in [0.25, 0.3) is 27.8 Å². The molecule has 4 aromatic heterocycles. The number of carbonyl (C=O) groups is 1. The molecule has 180 valence electrons. The van der Waals surface area contributed by atoms with Gasteiger partial charge in [0.25, 0.3) is 5.91 Å². The normalized spacial score (nSPS) is 11.7. The summed E-state index contributed by atoms with van der Waals surface area (Å²) in [5.74, 6) is 1.38. The van der Waals surface area contributed by atoms with Gasteiger partial charge in [0.1, 0.15) is 22.3 Å². The lowest BCUT2D eigenvalue weighted by Gasteiger charge is -2.11. The van der Waals surface area contributed by atoms with Crippen LogP contribution in [0.3, 0.4) is 0 Å². The molecule has 0 aliphatic heterocycles. The minimum atomic E-state index is -0.523. The van der Waals surface area contributed by atoms with Gasteiger partial charge in [-0.3, -0.25) is 14.3 Å². The molecule has 5 aromatic rings. The molecule has 11 heteroatoms. The first-order valence-corrected chi connectivity index (χ1v) is 12.0. The zero-order valence-electron chi connectivity index (χ0n) is 19.2. The van der Waals surface area contributed by atoms with Crippen molar-refractivity contribution >= 4 is 28.9 Å². The van der Waals surface area contributed by atoms with Crippen LogP contribution in [-0.4, -0.2) is 53.1 Å². The molecule has 10 nitrogen and oxygen atoms in total. The molecular formula is C25H22N8O2S. The molecular weight excluding hydrogens is 476 g/mol.